The first-order chi connectivity index (χ1) is 25.1. The molecule has 0 bridgehead atoms. The van der Waals surface area contributed by atoms with Crippen molar-refractivity contribution in [3.8, 4) is 11.6 Å². The van der Waals surface area contributed by atoms with Crippen molar-refractivity contribution >= 4 is 44.6 Å². The zero-order chi connectivity index (χ0) is 38.3. The second kappa shape index (κ2) is 14.7. The molecule has 4 aliphatic rings. The van der Waals surface area contributed by atoms with Crippen LogP contribution in [0.4, 0.5) is 9.18 Å². The molecule has 2 aromatic rings. The molecule has 53 heavy (non-hydrogen) atoms. The number of allylic oxidation sites excluding steroid dienone is 1. The molecular weight excluding hydrogens is 713 g/mol. The number of carboxylic acid groups (broad SMARTS) is 1. The van der Waals surface area contributed by atoms with Crippen molar-refractivity contribution in [2.75, 3.05) is 13.2 Å². The highest BCUT2D eigenvalue weighted by Crippen LogP contribution is 2.47. The molecule has 7 atom stereocenters. The summed E-state index contributed by atoms with van der Waals surface area (Å²) >= 11 is 0. The third-order valence-corrected chi connectivity index (χ3v) is 12.8. The minimum absolute atomic E-state index is 0.0378. The number of aromatic nitrogens is 1. The van der Waals surface area contributed by atoms with E-state index in [0.717, 1.165) is 0 Å². The molecule has 17 heteroatoms. The lowest BCUT2D eigenvalue weighted by Gasteiger charge is -2.33. The number of pyridine rings is 1. The number of ether oxygens (including phenoxy) is 3. The van der Waals surface area contributed by atoms with Crippen molar-refractivity contribution in [1.82, 2.24) is 25.2 Å². The van der Waals surface area contributed by atoms with Crippen LogP contribution < -0.4 is 24.8 Å². The molecule has 4 amide bonds. The second-order valence-corrected chi connectivity index (χ2v) is 16.7. The highest BCUT2D eigenvalue weighted by molar-refractivity contribution is 7.91. The van der Waals surface area contributed by atoms with Gasteiger partial charge in [0, 0.05) is 23.9 Å². The number of rotatable bonds is 9. The zero-order valence-corrected chi connectivity index (χ0v) is 30.9. The average Bonchev–Trinajstić information content (AvgIpc) is 3.98. The minimum atomic E-state index is -4.04. The fraction of sp³-hybridized carbons (Fsp3) is 0.583. The Morgan fingerprint density at radius 1 is 1.23 bits per heavy atom. The van der Waals surface area contributed by atoms with Crippen LogP contribution in [-0.4, -0.2) is 101 Å². The molecule has 1 saturated heterocycles. The van der Waals surface area contributed by atoms with E-state index in [1.54, 1.807) is 39.8 Å². The van der Waals surface area contributed by atoms with Gasteiger partial charge in [0.1, 0.15) is 23.7 Å². The van der Waals surface area contributed by atoms with Gasteiger partial charge >= 0.3 is 6.09 Å². The third kappa shape index (κ3) is 7.77. The number of benzene rings is 1. The summed E-state index contributed by atoms with van der Waals surface area (Å²) in [4.78, 5) is 60.0. The lowest BCUT2D eigenvalue weighted by atomic mass is 10.0. The number of halogens is 1. The molecule has 1 aromatic heterocycles. The molecule has 288 valence electrons. The monoisotopic (exact) mass is 759 g/mol. The van der Waals surface area contributed by atoms with Gasteiger partial charge in [0.25, 0.3) is 5.91 Å². The minimum Gasteiger partial charge on any atom is -0.491 e. The van der Waals surface area contributed by atoms with Crippen LogP contribution in [0.2, 0.25) is 0 Å². The van der Waals surface area contributed by atoms with Gasteiger partial charge in [-0.1, -0.05) is 19.1 Å². The predicted molar refractivity (Wildman–Crippen MR) is 189 cm³/mol. The summed E-state index contributed by atoms with van der Waals surface area (Å²) < 4.78 is 60.1. The van der Waals surface area contributed by atoms with Crippen LogP contribution in [0.1, 0.15) is 72.6 Å². The Kier molecular flexibility index (Phi) is 10.6. The standard InChI is InChI=1S/C36H46FN5O10S/c1-5-27-29(39-34(46)47)32(44)42-19-23(52-31-24-17-25(37)28(50-6-2)15-21(24)11-14-38-31)16-26(42)30(43)40-36(18-22(36)10-8-7-9-20(3)51-27)33(45)41-53(48,49)35(4)12-13-35/h8,10-11,14-15,17,20,22-23,26-27,29,39H,5-7,9,12-13,16,18-19H2,1-4H3,(H,40,43)(H,41,45)(H,46,47)/b10-8-/t20-,22-,23-,26+,27+,29+,36-/m1/s1. The Balaban J connectivity index is 1.35. The zero-order valence-electron chi connectivity index (χ0n) is 30.1. The van der Waals surface area contributed by atoms with Gasteiger partial charge in [-0.15, -0.1) is 0 Å². The Hall–Kier alpha value is -4.51. The van der Waals surface area contributed by atoms with Crippen LogP contribution in [0, 0.1) is 11.7 Å². The van der Waals surface area contributed by atoms with Crippen molar-refractivity contribution in [3.63, 3.8) is 0 Å². The summed E-state index contributed by atoms with van der Waals surface area (Å²) in [6, 6.07) is 1.70. The molecule has 0 spiro atoms. The van der Waals surface area contributed by atoms with E-state index < -0.39 is 86.3 Å². The third-order valence-electron chi connectivity index (χ3n) is 10.6. The normalized spacial score (nSPS) is 30.5. The summed E-state index contributed by atoms with van der Waals surface area (Å²) in [5.41, 5.74) is -1.61. The largest absolute Gasteiger partial charge is 0.491 e. The van der Waals surface area contributed by atoms with Crippen LogP contribution in [0.15, 0.2) is 36.5 Å². The molecule has 3 heterocycles. The number of sulfonamides is 1. The van der Waals surface area contributed by atoms with Crippen molar-refractivity contribution < 1.29 is 51.3 Å². The predicted octanol–water partition coefficient (Wildman–Crippen LogP) is 3.16. The van der Waals surface area contributed by atoms with E-state index in [1.165, 1.54) is 23.2 Å². The number of nitrogens with one attached hydrogen (secondary N) is 3. The lowest BCUT2D eigenvalue weighted by Crippen LogP contribution is -2.60. The molecule has 1 aromatic carbocycles. The summed E-state index contributed by atoms with van der Waals surface area (Å²) in [7, 11) is -4.04. The van der Waals surface area contributed by atoms with E-state index in [-0.39, 0.29) is 44.0 Å². The molecule has 2 aliphatic carbocycles. The molecule has 2 aliphatic heterocycles. The summed E-state index contributed by atoms with van der Waals surface area (Å²) in [6.07, 6.45) is 3.49. The SMILES string of the molecule is CCOc1cc2ccnc(O[C@@H]3C[C@H]4C(=O)N[C@]5(C(=O)NS(=O)(=O)C6(C)CC6)C[C@H]5/C=C\CC[C@@H](C)O[C@@H](CC)[C@H](NC(=O)O)C(=O)N4C3)c2cc1F. The summed E-state index contributed by atoms with van der Waals surface area (Å²) in [5.74, 6) is -3.46. The van der Waals surface area contributed by atoms with Gasteiger partial charge in [0.05, 0.1) is 30.1 Å². The summed E-state index contributed by atoms with van der Waals surface area (Å²) in [6.45, 7) is 6.89. The Bertz CT molecular complexity index is 1920. The van der Waals surface area contributed by atoms with Crippen LogP contribution in [0.3, 0.4) is 0 Å². The maximum Gasteiger partial charge on any atom is 0.405 e. The Labute approximate surface area is 307 Å². The fourth-order valence-corrected chi connectivity index (χ4v) is 8.41. The number of hydrogen-bond donors (Lipinski definition) is 4. The fourth-order valence-electron chi connectivity index (χ4n) is 7.10. The van der Waals surface area contributed by atoms with Gasteiger partial charge in [-0.05, 0) is 82.9 Å². The highest BCUT2D eigenvalue weighted by Gasteiger charge is 2.63. The molecule has 4 N–H and O–H groups in total. The van der Waals surface area contributed by atoms with Crippen molar-refractivity contribution in [2.45, 2.75) is 113 Å². The van der Waals surface area contributed by atoms with Crippen molar-refractivity contribution in [2.24, 2.45) is 5.92 Å². The van der Waals surface area contributed by atoms with Crippen LogP contribution in [0.25, 0.3) is 10.8 Å². The van der Waals surface area contributed by atoms with Gasteiger partial charge in [0.15, 0.2) is 11.6 Å². The first kappa shape index (κ1) is 38.2. The van der Waals surface area contributed by atoms with Gasteiger partial charge < -0.3 is 34.9 Å². The number of hydrogen-bond acceptors (Lipinski definition) is 10. The van der Waals surface area contributed by atoms with E-state index >= 15 is 0 Å². The average molecular weight is 760 g/mol. The molecule has 3 fully saturated rings. The molecular formula is C36H46FN5O10S. The smallest absolute Gasteiger partial charge is 0.405 e. The van der Waals surface area contributed by atoms with E-state index in [4.69, 9.17) is 14.2 Å². The first-order valence-electron chi connectivity index (χ1n) is 18.0. The van der Waals surface area contributed by atoms with Gasteiger partial charge in [-0.25, -0.2) is 22.6 Å². The number of amides is 4. The topological polar surface area (TPSA) is 203 Å². The van der Waals surface area contributed by atoms with E-state index in [2.05, 4.69) is 20.3 Å². The molecule has 0 unspecified atom stereocenters. The lowest BCUT2D eigenvalue weighted by molar-refractivity contribution is -0.145. The van der Waals surface area contributed by atoms with Crippen molar-refractivity contribution in [1.29, 1.82) is 0 Å². The number of carbonyl (C=O) groups excluding carboxylic acids is 3. The second-order valence-electron chi connectivity index (χ2n) is 14.5. The Morgan fingerprint density at radius 2 is 1.98 bits per heavy atom. The highest BCUT2D eigenvalue weighted by atomic mass is 32.2. The van der Waals surface area contributed by atoms with E-state index in [0.29, 0.717) is 36.5 Å². The van der Waals surface area contributed by atoms with E-state index in [1.807, 2.05) is 6.08 Å². The quantitative estimate of drug-likeness (QED) is 0.274. The van der Waals surface area contributed by atoms with Crippen LogP contribution in [-0.2, 0) is 29.1 Å². The van der Waals surface area contributed by atoms with Crippen LogP contribution in [0.5, 0.6) is 11.6 Å². The Morgan fingerprint density at radius 3 is 2.66 bits per heavy atom. The van der Waals surface area contributed by atoms with Gasteiger partial charge in [-0.2, -0.15) is 0 Å². The summed E-state index contributed by atoms with van der Waals surface area (Å²) in [5, 5.41) is 15.8. The van der Waals surface area contributed by atoms with Gasteiger partial charge in [-0.3, -0.25) is 19.1 Å². The van der Waals surface area contributed by atoms with E-state index in [9.17, 15) is 37.1 Å². The maximum atomic E-state index is 15.0. The number of nitrogens with zero attached hydrogens (tertiary/aromatic N) is 2. The maximum absolute atomic E-state index is 15.0. The number of carbonyl (C=O) groups is 4. The van der Waals surface area contributed by atoms with Gasteiger partial charge in [0.2, 0.25) is 27.7 Å². The molecule has 0 radical (unpaired) electrons. The van der Waals surface area contributed by atoms with Crippen molar-refractivity contribution in [3.05, 3.63) is 42.4 Å². The molecule has 15 nitrogen and oxygen atoms in total. The van der Waals surface area contributed by atoms with Crippen LogP contribution >= 0.6 is 0 Å². The molecule has 2 saturated carbocycles. The number of fused-ring (bicyclic) bond motifs is 3. The molecule has 6 rings (SSSR count). The first-order valence-corrected chi connectivity index (χ1v) is 19.5.